The van der Waals surface area contributed by atoms with E-state index >= 15 is 0 Å². The maximum Gasteiger partial charge on any atom is 0.356 e. The Morgan fingerprint density at radius 2 is 2.04 bits per heavy atom. The SMILES string of the molecule is CCOC(=O)c1c(Cl)c2ncc(S(=O)(=O)NNC(=O)C(C)C)cc2n1C. The molecule has 0 aromatic carbocycles. The van der Waals surface area contributed by atoms with Crippen molar-refractivity contribution in [1.29, 1.82) is 0 Å². The van der Waals surface area contributed by atoms with Gasteiger partial charge in [0.15, 0.2) is 0 Å². The number of pyridine rings is 1. The van der Waals surface area contributed by atoms with Gasteiger partial charge in [-0.1, -0.05) is 25.4 Å². The first-order valence-corrected chi connectivity index (χ1v) is 9.59. The van der Waals surface area contributed by atoms with Crippen molar-refractivity contribution in [3.63, 3.8) is 0 Å². The number of aryl methyl sites for hydroxylation is 1. The molecule has 0 fully saturated rings. The van der Waals surface area contributed by atoms with Crippen molar-refractivity contribution in [3.05, 3.63) is 23.0 Å². The smallest absolute Gasteiger partial charge is 0.356 e. The van der Waals surface area contributed by atoms with Crippen molar-refractivity contribution in [2.45, 2.75) is 25.7 Å². The number of sulfonamides is 1. The second-order valence-corrected chi connectivity index (χ2v) is 7.79. The van der Waals surface area contributed by atoms with E-state index in [2.05, 4.69) is 10.4 Å². The van der Waals surface area contributed by atoms with Gasteiger partial charge in [0.1, 0.15) is 16.1 Å². The number of hydrogen-bond donors (Lipinski definition) is 2. The van der Waals surface area contributed by atoms with Gasteiger partial charge in [0.05, 0.1) is 17.1 Å². The summed E-state index contributed by atoms with van der Waals surface area (Å²) in [5, 5.41) is 0.0750. The van der Waals surface area contributed by atoms with Crippen molar-refractivity contribution in [2.75, 3.05) is 6.61 Å². The minimum absolute atomic E-state index is 0.0750. The predicted molar refractivity (Wildman–Crippen MR) is 95.0 cm³/mol. The van der Waals surface area contributed by atoms with Gasteiger partial charge in [-0.05, 0) is 13.0 Å². The van der Waals surface area contributed by atoms with E-state index in [1.165, 1.54) is 10.6 Å². The molecule has 2 heterocycles. The number of carbonyl (C=O) groups is 2. The molecular formula is C15H19ClN4O5S. The molecule has 0 atom stereocenters. The average molecular weight is 403 g/mol. The number of hydrogen-bond acceptors (Lipinski definition) is 6. The third-order valence-corrected chi connectivity index (χ3v) is 5.14. The number of fused-ring (bicyclic) bond motifs is 1. The third-order valence-electron chi connectivity index (χ3n) is 3.57. The van der Waals surface area contributed by atoms with Crippen LogP contribution in [0.4, 0.5) is 0 Å². The Morgan fingerprint density at radius 3 is 2.62 bits per heavy atom. The lowest BCUT2D eigenvalue weighted by Crippen LogP contribution is -2.43. The number of carbonyl (C=O) groups excluding carboxylic acids is 2. The largest absolute Gasteiger partial charge is 0.461 e. The molecule has 142 valence electrons. The van der Waals surface area contributed by atoms with Gasteiger partial charge in [-0.15, -0.1) is 4.83 Å². The summed E-state index contributed by atoms with van der Waals surface area (Å²) in [5.74, 6) is -1.50. The lowest BCUT2D eigenvalue weighted by molar-refractivity contribution is -0.124. The molecule has 2 aromatic heterocycles. The van der Waals surface area contributed by atoms with Gasteiger partial charge in [0, 0.05) is 19.2 Å². The highest BCUT2D eigenvalue weighted by molar-refractivity contribution is 7.89. The van der Waals surface area contributed by atoms with Crippen molar-refractivity contribution in [2.24, 2.45) is 13.0 Å². The Kier molecular flexibility index (Phi) is 5.89. The number of esters is 1. The first kappa shape index (κ1) is 20.1. The van der Waals surface area contributed by atoms with Crippen LogP contribution < -0.4 is 10.3 Å². The highest BCUT2D eigenvalue weighted by atomic mass is 35.5. The molecule has 0 saturated carbocycles. The molecule has 0 radical (unpaired) electrons. The van der Waals surface area contributed by atoms with Crippen LogP contribution in [0.2, 0.25) is 5.02 Å². The maximum absolute atomic E-state index is 12.3. The molecular weight excluding hydrogens is 384 g/mol. The highest BCUT2D eigenvalue weighted by Crippen LogP contribution is 2.30. The Balaban J connectivity index is 2.44. The number of rotatable bonds is 6. The fourth-order valence-corrected chi connectivity index (χ4v) is 3.29. The quantitative estimate of drug-likeness (QED) is 0.556. The molecule has 0 saturated heterocycles. The van der Waals surface area contributed by atoms with Gasteiger partial charge in [-0.25, -0.2) is 13.2 Å². The molecule has 0 unspecified atom stereocenters. The number of aromatic nitrogens is 2. The molecule has 1 amide bonds. The van der Waals surface area contributed by atoms with Gasteiger partial charge in [-0.3, -0.25) is 15.2 Å². The summed E-state index contributed by atoms with van der Waals surface area (Å²) >= 11 is 6.19. The summed E-state index contributed by atoms with van der Waals surface area (Å²) in [6, 6.07) is 1.31. The van der Waals surface area contributed by atoms with Crippen molar-refractivity contribution >= 4 is 44.5 Å². The molecule has 2 N–H and O–H groups in total. The van der Waals surface area contributed by atoms with E-state index in [4.69, 9.17) is 16.3 Å². The second-order valence-electron chi connectivity index (χ2n) is 5.73. The molecule has 2 aromatic rings. The Bertz CT molecular complexity index is 968. The summed E-state index contributed by atoms with van der Waals surface area (Å²) in [6.07, 6.45) is 1.09. The number of nitrogens with zero attached hydrogens (tertiary/aromatic N) is 2. The lowest BCUT2D eigenvalue weighted by atomic mass is 10.2. The molecule has 0 bridgehead atoms. The topological polar surface area (TPSA) is 119 Å². The Morgan fingerprint density at radius 1 is 1.38 bits per heavy atom. The standard InChI is InChI=1S/C15H19ClN4O5S/c1-5-25-15(22)13-11(16)12-10(20(13)4)6-9(7-17-12)26(23,24)19-18-14(21)8(2)3/h6-8,19H,5H2,1-4H3,(H,18,21). The van der Waals surface area contributed by atoms with Gasteiger partial charge in [-0.2, -0.15) is 0 Å². The van der Waals surface area contributed by atoms with E-state index in [0.717, 1.165) is 6.20 Å². The van der Waals surface area contributed by atoms with Crippen LogP contribution >= 0.6 is 11.6 Å². The first-order chi connectivity index (χ1) is 12.1. The second kappa shape index (κ2) is 7.60. The summed E-state index contributed by atoms with van der Waals surface area (Å²) in [5.41, 5.74) is 2.79. The fourth-order valence-electron chi connectivity index (χ4n) is 2.13. The Labute approximate surface area is 155 Å². The molecule has 9 nitrogen and oxygen atoms in total. The first-order valence-electron chi connectivity index (χ1n) is 7.72. The maximum atomic E-state index is 12.3. The lowest BCUT2D eigenvalue weighted by Gasteiger charge is -2.10. The number of hydrazine groups is 1. The number of ether oxygens (including phenoxy) is 1. The van der Waals surface area contributed by atoms with Gasteiger partial charge in [0.2, 0.25) is 5.91 Å². The molecule has 0 aliphatic carbocycles. The summed E-state index contributed by atoms with van der Waals surface area (Å²) in [6.45, 7) is 5.08. The van der Waals surface area contributed by atoms with E-state index in [1.807, 2.05) is 4.83 Å². The van der Waals surface area contributed by atoms with E-state index in [1.54, 1.807) is 27.8 Å². The third kappa shape index (κ3) is 3.81. The Hall–Kier alpha value is -2.17. The predicted octanol–water partition coefficient (Wildman–Crippen LogP) is 1.37. The van der Waals surface area contributed by atoms with Crippen LogP contribution in [0, 0.1) is 5.92 Å². The minimum atomic E-state index is -4.05. The van der Waals surface area contributed by atoms with Crippen LogP contribution in [0.3, 0.4) is 0 Å². The number of amides is 1. The van der Waals surface area contributed by atoms with Crippen LogP contribution in [-0.2, 0) is 26.6 Å². The fraction of sp³-hybridized carbons (Fsp3) is 0.400. The summed E-state index contributed by atoms with van der Waals surface area (Å²) in [4.78, 5) is 29.4. The van der Waals surface area contributed by atoms with Gasteiger partial charge < -0.3 is 9.30 Å². The zero-order valence-corrected chi connectivity index (χ0v) is 16.2. The van der Waals surface area contributed by atoms with Crippen LogP contribution in [0.25, 0.3) is 11.0 Å². The van der Waals surface area contributed by atoms with Crippen LogP contribution in [0.1, 0.15) is 31.3 Å². The zero-order valence-electron chi connectivity index (χ0n) is 14.7. The molecule has 2 rings (SSSR count). The molecule has 0 spiro atoms. The number of halogens is 1. The van der Waals surface area contributed by atoms with Gasteiger partial charge in [0.25, 0.3) is 10.0 Å². The molecule has 0 aliphatic heterocycles. The molecule has 26 heavy (non-hydrogen) atoms. The van der Waals surface area contributed by atoms with Crippen LogP contribution in [0.5, 0.6) is 0 Å². The monoisotopic (exact) mass is 402 g/mol. The molecule has 11 heteroatoms. The average Bonchev–Trinajstić information content (AvgIpc) is 2.83. The van der Waals surface area contributed by atoms with E-state index < -0.39 is 27.8 Å². The van der Waals surface area contributed by atoms with Crippen molar-refractivity contribution in [1.82, 2.24) is 19.8 Å². The zero-order chi connectivity index (χ0) is 19.6. The van der Waals surface area contributed by atoms with E-state index in [9.17, 15) is 18.0 Å². The van der Waals surface area contributed by atoms with E-state index in [-0.39, 0.29) is 27.7 Å². The molecule has 0 aliphatic rings. The minimum Gasteiger partial charge on any atom is -0.461 e. The van der Waals surface area contributed by atoms with Gasteiger partial charge >= 0.3 is 5.97 Å². The number of nitrogens with one attached hydrogen (secondary N) is 2. The summed E-state index contributed by atoms with van der Waals surface area (Å²) < 4.78 is 31.1. The van der Waals surface area contributed by atoms with Crippen LogP contribution in [0.15, 0.2) is 17.2 Å². The van der Waals surface area contributed by atoms with Crippen LogP contribution in [-0.4, -0.2) is 36.5 Å². The van der Waals surface area contributed by atoms with Crippen molar-refractivity contribution in [3.8, 4) is 0 Å². The van der Waals surface area contributed by atoms with Crippen molar-refractivity contribution < 1.29 is 22.7 Å². The normalized spacial score (nSPS) is 11.8. The van der Waals surface area contributed by atoms with E-state index in [0.29, 0.717) is 5.52 Å². The highest BCUT2D eigenvalue weighted by Gasteiger charge is 2.24. The summed E-state index contributed by atoms with van der Waals surface area (Å²) in [7, 11) is -2.50.